The van der Waals surface area contributed by atoms with E-state index in [1.165, 1.54) is 7.11 Å². The second kappa shape index (κ2) is 9.00. The molecule has 0 saturated heterocycles. The summed E-state index contributed by atoms with van der Waals surface area (Å²) in [7, 11) is 2.87. The van der Waals surface area contributed by atoms with Gasteiger partial charge in [-0.2, -0.15) is 0 Å². The van der Waals surface area contributed by atoms with Crippen LogP contribution in [0.15, 0.2) is 30.5 Å². The predicted octanol–water partition coefficient (Wildman–Crippen LogP) is 0.821. The summed E-state index contributed by atoms with van der Waals surface area (Å²) in [4.78, 5) is 38.2. The van der Waals surface area contributed by atoms with Crippen LogP contribution in [0, 0.1) is 0 Å². The van der Waals surface area contributed by atoms with Crippen molar-refractivity contribution in [1.29, 1.82) is 0 Å². The Kier molecular flexibility index (Phi) is 6.74. The summed E-state index contributed by atoms with van der Waals surface area (Å²) in [5.74, 6) is -2.00. The number of benzene rings is 1. The molecule has 2 atom stereocenters. The van der Waals surface area contributed by atoms with Crippen LogP contribution in [0.5, 0.6) is 0 Å². The maximum absolute atomic E-state index is 12.1. The lowest BCUT2D eigenvalue weighted by Crippen LogP contribution is -2.43. The summed E-state index contributed by atoms with van der Waals surface area (Å²) >= 11 is 0. The van der Waals surface area contributed by atoms with Crippen molar-refractivity contribution in [2.24, 2.45) is 0 Å². The number of carboxylic acid groups (broad SMARTS) is 1. The molecule has 140 valence electrons. The second-order valence-corrected chi connectivity index (χ2v) is 5.93. The molecule has 8 heteroatoms. The van der Waals surface area contributed by atoms with Gasteiger partial charge in [0.05, 0.1) is 7.11 Å². The first-order valence-electron chi connectivity index (χ1n) is 8.28. The number of carboxylic acids is 1. The summed E-state index contributed by atoms with van der Waals surface area (Å²) < 4.78 is 4.64. The van der Waals surface area contributed by atoms with Gasteiger partial charge < -0.3 is 25.5 Å². The molecule has 2 aromatic rings. The van der Waals surface area contributed by atoms with Crippen LogP contribution < -0.4 is 10.6 Å². The van der Waals surface area contributed by atoms with E-state index in [1.807, 2.05) is 24.3 Å². The molecule has 2 rings (SSSR count). The van der Waals surface area contributed by atoms with Crippen LogP contribution in [-0.2, 0) is 25.5 Å². The second-order valence-electron chi connectivity index (χ2n) is 5.93. The van der Waals surface area contributed by atoms with Crippen molar-refractivity contribution >= 4 is 28.7 Å². The summed E-state index contributed by atoms with van der Waals surface area (Å²) in [5, 5.41) is 15.6. The number of nitrogens with one attached hydrogen (secondary N) is 3. The number of aromatic nitrogens is 1. The highest BCUT2D eigenvalue weighted by Crippen LogP contribution is 2.19. The van der Waals surface area contributed by atoms with E-state index >= 15 is 0 Å². The van der Waals surface area contributed by atoms with E-state index in [0.717, 1.165) is 16.5 Å². The maximum atomic E-state index is 12.1. The fourth-order valence-electron chi connectivity index (χ4n) is 2.78. The van der Waals surface area contributed by atoms with Crippen LogP contribution >= 0.6 is 0 Å². The smallest absolute Gasteiger partial charge is 0.326 e. The lowest BCUT2D eigenvalue weighted by atomic mass is 10.0. The molecule has 0 aliphatic carbocycles. The van der Waals surface area contributed by atoms with Crippen molar-refractivity contribution < 1.29 is 24.2 Å². The molecule has 1 aromatic carbocycles. The van der Waals surface area contributed by atoms with Gasteiger partial charge in [-0.15, -0.1) is 0 Å². The molecule has 0 radical (unpaired) electrons. The number of carbonyl (C=O) groups is 3. The molecule has 0 spiro atoms. The van der Waals surface area contributed by atoms with Gasteiger partial charge in [0.2, 0.25) is 5.91 Å². The minimum Gasteiger partial charge on any atom is -0.480 e. The van der Waals surface area contributed by atoms with Crippen molar-refractivity contribution in [2.75, 3.05) is 14.2 Å². The van der Waals surface area contributed by atoms with Crippen molar-refractivity contribution in [2.45, 2.75) is 31.3 Å². The number of aliphatic carboxylic acids is 1. The number of ether oxygens (including phenoxy) is 1. The molecule has 1 amide bonds. The van der Waals surface area contributed by atoms with Gasteiger partial charge in [0.25, 0.3) is 0 Å². The molecular formula is C18H23N3O5. The molecule has 4 N–H and O–H groups in total. The number of esters is 1. The van der Waals surface area contributed by atoms with Crippen molar-refractivity contribution in [1.82, 2.24) is 15.6 Å². The predicted molar refractivity (Wildman–Crippen MR) is 95.7 cm³/mol. The molecular weight excluding hydrogens is 338 g/mol. The van der Waals surface area contributed by atoms with Crippen LogP contribution in [0.1, 0.15) is 18.4 Å². The number of rotatable bonds is 9. The summed E-state index contributed by atoms with van der Waals surface area (Å²) in [6.07, 6.45) is 2.14. The number of H-pyrrole nitrogens is 1. The topological polar surface area (TPSA) is 121 Å². The quantitative estimate of drug-likeness (QED) is 0.491. The molecule has 0 fully saturated rings. The summed E-state index contributed by atoms with van der Waals surface area (Å²) in [5.41, 5.74) is 1.73. The highest BCUT2D eigenvalue weighted by atomic mass is 16.5. The van der Waals surface area contributed by atoms with Gasteiger partial charge in [0, 0.05) is 29.9 Å². The Morgan fingerprint density at radius 1 is 1.23 bits per heavy atom. The number of aromatic amines is 1. The maximum Gasteiger partial charge on any atom is 0.326 e. The third-order valence-corrected chi connectivity index (χ3v) is 4.23. The normalized spacial score (nSPS) is 13.2. The molecule has 0 bridgehead atoms. The number of hydrogen-bond donors (Lipinski definition) is 4. The SMILES string of the molecule is CNC(CCC(=O)NC(Cc1c[nH]c2ccccc12)C(=O)O)C(=O)OC. The van der Waals surface area contributed by atoms with Crippen molar-refractivity contribution in [3.05, 3.63) is 36.0 Å². The van der Waals surface area contributed by atoms with Gasteiger partial charge in [0.1, 0.15) is 12.1 Å². The Labute approximate surface area is 150 Å². The van der Waals surface area contributed by atoms with E-state index in [9.17, 15) is 19.5 Å². The number of carbonyl (C=O) groups excluding carboxylic acids is 2. The molecule has 8 nitrogen and oxygen atoms in total. The largest absolute Gasteiger partial charge is 0.480 e. The minimum absolute atomic E-state index is 0.0122. The van der Waals surface area contributed by atoms with Crippen LogP contribution in [0.4, 0.5) is 0 Å². The third kappa shape index (κ3) is 4.82. The Morgan fingerprint density at radius 3 is 2.62 bits per heavy atom. The first-order valence-corrected chi connectivity index (χ1v) is 8.28. The Hall–Kier alpha value is -2.87. The number of para-hydroxylation sites is 1. The molecule has 2 unspecified atom stereocenters. The average Bonchev–Trinajstić information content (AvgIpc) is 3.04. The fourth-order valence-corrected chi connectivity index (χ4v) is 2.78. The van der Waals surface area contributed by atoms with Gasteiger partial charge in [-0.25, -0.2) is 4.79 Å². The van der Waals surface area contributed by atoms with E-state index in [1.54, 1.807) is 13.2 Å². The van der Waals surface area contributed by atoms with Crippen LogP contribution in [0.3, 0.4) is 0 Å². The van der Waals surface area contributed by atoms with E-state index in [-0.39, 0.29) is 19.3 Å². The lowest BCUT2D eigenvalue weighted by molar-refractivity contribution is -0.144. The van der Waals surface area contributed by atoms with Crippen LogP contribution in [0.25, 0.3) is 10.9 Å². The molecule has 1 heterocycles. The summed E-state index contributed by atoms with van der Waals surface area (Å²) in [6.45, 7) is 0. The highest BCUT2D eigenvalue weighted by molar-refractivity contribution is 5.87. The number of hydrogen-bond acceptors (Lipinski definition) is 5. The van der Waals surface area contributed by atoms with Crippen molar-refractivity contribution in [3.63, 3.8) is 0 Å². The molecule has 0 aliphatic heterocycles. The standard InChI is InChI=1S/C18H23N3O5/c1-19-14(18(25)26-2)7-8-16(22)21-15(17(23)24)9-11-10-20-13-6-4-3-5-12(11)13/h3-6,10,14-15,19-20H,7-9H2,1-2H3,(H,21,22)(H,23,24). The average molecular weight is 361 g/mol. The Balaban J connectivity index is 1.98. The first-order chi connectivity index (χ1) is 12.5. The van der Waals surface area contributed by atoms with Gasteiger partial charge in [-0.05, 0) is 25.1 Å². The first kappa shape index (κ1) is 19.5. The minimum atomic E-state index is -1.11. The zero-order chi connectivity index (χ0) is 19.1. The Bertz CT molecular complexity index is 786. The number of methoxy groups -OCH3 is 1. The molecule has 0 aliphatic rings. The van der Waals surface area contributed by atoms with E-state index in [4.69, 9.17) is 0 Å². The van der Waals surface area contributed by atoms with E-state index in [2.05, 4.69) is 20.4 Å². The van der Waals surface area contributed by atoms with Gasteiger partial charge in [-0.1, -0.05) is 18.2 Å². The van der Waals surface area contributed by atoms with E-state index < -0.39 is 29.9 Å². The van der Waals surface area contributed by atoms with Gasteiger partial charge in [0.15, 0.2) is 0 Å². The van der Waals surface area contributed by atoms with Crippen LogP contribution in [-0.4, -0.2) is 54.2 Å². The monoisotopic (exact) mass is 361 g/mol. The highest BCUT2D eigenvalue weighted by Gasteiger charge is 2.23. The Morgan fingerprint density at radius 2 is 1.96 bits per heavy atom. The third-order valence-electron chi connectivity index (χ3n) is 4.23. The van der Waals surface area contributed by atoms with Gasteiger partial charge in [-0.3, -0.25) is 9.59 Å². The number of amides is 1. The molecule has 1 aromatic heterocycles. The summed E-state index contributed by atoms with van der Waals surface area (Å²) in [6, 6.07) is 5.90. The van der Waals surface area contributed by atoms with Crippen molar-refractivity contribution in [3.8, 4) is 0 Å². The molecule has 0 saturated carbocycles. The fraction of sp³-hybridized carbons (Fsp3) is 0.389. The number of fused-ring (bicyclic) bond motifs is 1. The van der Waals surface area contributed by atoms with E-state index in [0.29, 0.717) is 0 Å². The zero-order valence-corrected chi connectivity index (χ0v) is 14.7. The molecule has 26 heavy (non-hydrogen) atoms. The van der Waals surface area contributed by atoms with Crippen LogP contribution in [0.2, 0.25) is 0 Å². The zero-order valence-electron chi connectivity index (χ0n) is 14.7. The van der Waals surface area contributed by atoms with Gasteiger partial charge >= 0.3 is 11.9 Å². The lowest BCUT2D eigenvalue weighted by Gasteiger charge is -2.16. The number of likely N-dealkylation sites (N-methyl/N-ethyl adjacent to an activating group) is 1.